The van der Waals surface area contributed by atoms with Crippen LogP contribution in [0.2, 0.25) is 0 Å². The van der Waals surface area contributed by atoms with Gasteiger partial charge in [-0.1, -0.05) is 30.3 Å². The van der Waals surface area contributed by atoms with E-state index in [-0.39, 0.29) is 18.8 Å². The SMILES string of the molecule is CCOC(=O)C(=Cc1sc(-c2c(C)c(C)cc(C)c2C)c2ccccc12)C(=O)OCC. The molecule has 3 aromatic rings. The highest BCUT2D eigenvalue weighted by molar-refractivity contribution is 7.18. The standard InChI is InChI=1S/C26H28O4S/c1-7-29-25(27)21(26(28)30-8-2)14-22-19-11-9-10-12-20(19)24(31-22)23-17(5)15(3)13-16(4)18(23)6/h9-14H,7-8H2,1-6H3. The highest BCUT2D eigenvalue weighted by Gasteiger charge is 2.23. The molecule has 0 radical (unpaired) electrons. The molecule has 2 aromatic carbocycles. The van der Waals surface area contributed by atoms with Crippen molar-refractivity contribution in [3.63, 3.8) is 0 Å². The maximum absolute atomic E-state index is 12.5. The second kappa shape index (κ2) is 9.48. The van der Waals surface area contributed by atoms with Crippen molar-refractivity contribution in [1.29, 1.82) is 0 Å². The van der Waals surface area contributed by atoms with Gasteiger partial charge in [-0.25, -0.2) is 9.59 Å². The number of thiophene rings is 1. The molecule has 0 aliphatic carbocycles. The molecule has 0 unspecified atom stereocenters. The molecule has 1 aromatic heterocycles. The third-order valence-electron chi connectivity index (χ3n) is 5.51. The van der Waals surface area contributed by atoms with Crippen LogP contribution in [0, 0.1) is 27.7 Å². The Bertz CT molecular complexity index is 1140. The first-order valence-electron chi connectivity index (χ1n) is 10.4. The van der Waals surface area contributed by atoms with Gasteiger partial charge in [-0.15, -0.1) is 11.3 Å². The summed E-state index contributed by atoms with van der Waals surface area (Å²) >= 11 is 1.58. The third-order valence-corrected chi connectivity index (χ3v) is 6.69. The molecular formula is C26H28O4S. The van der Waals surface area contributed by atoms with Gasteiger partial charge >= 0.3 is 11.9 Å². The summed E-state index contributed by atoms with van der Waals surface area (Å²) in [6.07, 6.45) is 1.61. The summed E-state index contributed by atoms with van der Waals surface area (Å²) in [4.78, 5) is 26.9. The van der Waals surface area contributed by atoms with Crippen molar-refractivity contribution in [1.82, 2.24) is 0 Å². The van der Waals surface area contributed by atoms with Crippen LogP contribution in [0.3, 0.4) is 0 Å². The highest BCUT2D eigenvalue weighted by atomic mass is 32.1. The zero-order valence-corrected chi connectivity index (χ0v) is 19.7. The molecule has 0 N–H and O–H groups in total. The Balaban J connectivity index is 2.29. The molecule has 31 heavy (non-hydrogen) atoms. The predicted octanol–water partition coefficient (Wildman–Crippen LogP) is 6.31. The molecule has 4 nitrogen and oxygen atoms in total. The van der Waals surface area contributed by atoms with Crippen molar-refractivity contribution in [3.8, 4) is 10.4 Å². The van der Waals surface area contributed by atoms with Crippen LogP contribution in [0.15, 0.2) is 35.9 Å². The molecule has 3 rings (SSSR count). The van der Waals surface area contributed by atoms with Gasteiger partial charge in [0.1, 0.15) is 5.57 Å². The molecule has 0 aliphatic rings. The van der Waals surface area contributed by atoms with E-state index in [0.29, 0.717) is 0 Å². The number of rotatable bonds is 6. The van der Waals surface area contributed by atoms with E-state index in [4.69, 9.17) is 9.47 Å². The van der Waals surface area contributed by atoms with E-state index in [1.165, 1.54) is 27.8 Å². The minimum Gasteiger partial charge on any atom is -0.462 e. The van der Waals surface area contributed by atoms with Crippen LogP contribution in [-0.2, 0) is 19.1 Å². The molecule has 0 bridgehead atoms. The first-order valence-corrected chi connectivity index (χ1v) is 11.3. The zero-order chi connectivity index (χ0) is 22.7. The second-order valence-corrected chi connectivity index (χ2v) is 8.53. The average molecular weight is 437 g/mol. The van der Waals surface area contributed by atoms with Crippen LogP contribution in [0.5, 0.6) is 0 Å². The normalized spacial score (nSPS) is 10.8. The Morgan fingerprint density at radius 2 is 1.39 bits per heavy atom. The minimum absolute atomic E-state index is 0.0869. The fourth-order valence-corrected chi connectivity index (χ4v) is 5.10. The van der Waals surface area contributed by atoms with Gasteiger partial charge in [0.25, 0.3) is 0 Å². The van der Waals surface area contributed by atoms with Gasteiger partial charge in [-0.05, 0) is 75.4 Å². The van der Waals surface area contributed by atoms with Gasteiger partial charge in [0, 0.05) is 20.5 Å². The smallest absolute Gasteiger partial charge is 0.345 e. The van der Waals surface area contributed by atoms with E-state index in [1.54, 1.807) is 31.3 Å². The largest absolute Gasteiger partial charge is 0.462 e. The van der Waals surface area contributed by atoms with Crippen LogP contribution in [0.25, 0.3) is 27.3 Å². The lowest BCUT2D eigenvalue weighted by molar-refractivity contribution is -0.146. The molecule has 0 saturated carbocycles. The van der Waals surface area contributed by atoms with E-state index in [0.717, 1.165) is 20.5 Å². The fourth-order valence-electron chi connectivity index (χ4n) is 3.72. The lowest BCUT2D eigenvalue weighted by Gasteiger charge is -2.14. The summed E-state index contributed by atoms with van der Waals surface area (Å²) in [6.45, 7) is 12.3. The van der Waals surface area contributed by atoms with Crippen LogP contribution in [-0.4, -0.2) is 25.2 Å². The number of carbonyl (C=O) groups excluding carboxylic acids is 2. The topological polar surface area (TPSA) is 52.6 Å². The Morgan fingerprint density at radius 3 is 1.90 bits per heavy atom. The van der Waals surface area contributed by atoms with E-state index in [1.807, 2.05) is 18.2 Å². The molecule has 162 valence electrons. The molecule has 1 heterocycles. The molecule has 0 fully saturated rings. The maximum Gasteiger partial charge on any atom is 0.345 e. The van der Waals surface area contributed by atoms with Crippen molar-refractivity contribution in [3.05, 3.63) is 63.0 Å². The first-order chi connectivity index (χ1) is 14.8. The van der Waals surface area contributed by atoms with Crippen LogP contribution in [0.4, 0.5) is 0 Å². The monoisotopic (exact) mass is 436 g/mol. The Hall–Kier alpha value is -2.92. The van der Waals surface area contributed by atoms with Gasteiger partial charge in [0.05, 0.1) is 13.2 Å². The van der Waals surface area contributed by atoms with Crippen LogP contribution >= 0.6 is 11.3 Å². The summed E-state index contributed by atoms with van der Waals surface area (Å²) in [5.74, 6) is -1.34. The number of benzene rings is 2. The summed E-state index contributed by atoms with van der Waals surface area (Å²) in [5, 5.41) is 2.09. The number of ether oxygens (including phenoxy) is 2. The zero-order valence-electron chi connectivity index (χ0n) is 18.9. The van der Waals surface area contributed by atoms with Gasteiger partial charge in [0.15, 0.2) is 0 Å². The number of aryl methyl sites for hydroxylation is 2. The quantitative estimate of drug-likeness (QED) is 0.197. The lowest BCUT2D eigenvalue weighted by Crippen LogP contribution is -2.18. The maximum atomic E-state index is 12.5. The Morgan fingerprint density at radius 1 is 0.871 bits per heavy atom. The molecule has 0 amide bonds. The van der Waals surface area contributed by atoms with Gasteiger partial charge in [-0.3, -0.25) is 0 Å². The molecule has 0 aliphatic heterocycles. The molecular weight excluding hydrogens is 408 g/mol. The Labute approximate surface area is 187 Å². The lowest BCUT2D eigenvalue weighted by atomic mass is 9.92. The molecule has 0 atom stereocenters. The summed E-state index contributed by atoms with van der Waals surface area (Å²) in [6, 6.07) is 10.3. The number of hydrogen-bond acceptors (Lipinski definition) is 5. The number of fused-ring (bicyclic) bond motifs is 1. The van der Waals surface area contributed by atoms with Crippen molar-refractivity contribution in [2.75, 3.05) is 13.2 Å². The number of esters is 2. The summed E-state index contributed by atoms with van der Waals surface area (Å²) < 4.78 is 10.2. The van der Waals surface area contributed by atoms with Gasteiger partial charge < -0.3 is 9.47 Å². The summed E-state index contributed by atoms with van der Waals surface area (Å²) in [5.41, 5.74) is 6.09. The molecule has 5 heteroatoms. The highest BCUT2D eigenvalue weighted by Crippen LogP contribution is 2.43. The molecule has 0 saturated heterocycles. The van der Waals surface area contributed by atoms with Gasteiger partial charge in [-0.2, -0.15) is 0 Å². The van der Waals surface area contributed by atoms with Gasteiger partial charge in [0.2, 0.25) is 0 Å². The first kappa shape index (κ1) is 22.8. The summed E-state index contributed by atoms with van der Waals surface area (Å²) in [7, 11) is 0. The van der Waals surface area contributed by atoms with Crippen molar-refractivity contribution >= 4 is 40.1 Å². The number of hydrogen-bond donors (Lipinski definition) is 0. The van der Waals surface area contributed by atoms with E-state index >= 15 is 0 Å². The van der Waals surface area contributed by atoms with E-state index < -0.39 is 11.9 Å². The second-order valence-electron chi connectivity index (χ2n) is 7.48. The van der Waals surface area contributed by atoms with E-state index in [9.17, 15) is 9.59 Å². The van der Waals surface area contributed by atoms with Crippen molar-refractivity contribution in [2.45, 2.75) is 41.5 Å². The van der Waals surface area contributed by atoms with E-state index in [2.05, 4.69) is 39.8 Å². The molecule has 0 spiro atoms. The minimum atomic E-state index is -0.668. The fraction of sp³-hybridized carbons (Fsp3) is 0.308. The van der Waals surface area contributed by atoms with Crippen LogP contribution in [0.1, 0.15) is 41.0 Å². The number of carbonyl (C=O) groups is 2. The van der Waals surface area contributed by atoms with Crippen molar-refractivity contribution in [2.24, 2.45) is 0 Å². The third kappa shape index (κ3) is 4.42. The average Bonchev–Trinajstić information content (AvgIpc) is 3.09. The van der Waals surface area contributed by atoms with Crippen molar-refractivity contribution < 1.29 is 19.1 Å². The predicted molar refractivity (Wildman–Crippen MR) is 127 cm³/mol. The Kier molecular flexibility index (Phi) is 6.96. The van der Waals surface area contributed by atoms with Crippen LogP contribution < -0.4 is 0 Å².